The first-order valence-electron chi connectivity index (χ1n) is 3.85. The molecule has 0 rings (SSSR count). The van der Waals surface area contributed by atoms with E-state index < -0.39 is 5.60 Å². The molecule has 10 heavy (non-hydrogen) atoms. The average Bonchev–Trinajstić information content (AvgIpc) is 1.80. The molecular formula is C8H17ClO. The Kier molecular flexibility index (Phi) is 4.30. The maximum Gasteiger partial charge on any atom is 0.0754 e. The Morgan fingerprint density at radius 3 is 2.30 bits per heavy atom. The lowest BCUT2D eigenvalue weighted by molar-refractivity contribution is 0.0723. The smallest absolute Gasteiger partial charge is 0.0754 e. The second kappa shape index (κ2) is 4.20. The summed E-state index contributed by atoms with van der Waals surface area (Å²) in [5, 5.41) is 9.28. The first-order valence-corrected chi connectivity index (χ1v) is 4.28. The third-order valence-corrected chi connectivity index (χ3v) is 2.33. The molecule has 0 saturated carbocycles. The van der Waals surface area contributed by atoms with Crippen LogP contribution in [0.4, 0.5) is 0 Å². The first kappa shape index (κ1) is 10.2. The standard InChI is InChI=1S/C8H17ClO/c1-4-5-6-7(9)8(2,3)10/h7,10H,4-6H2,1-3H3. The van der Waals surface area contributed by atoms with E-state index in [4.69, 9.17) is 11.6 Å². The number of hydrogen-bond donors (Lipinski definition) is 1. The molecule has 2 heteroatoms. The number of alkyl halides is 1. The zero-order valence-electron chi connectivity index (χ0n) is 7.02. The lowest BCUT2D eigenvalue weighted by Gasteiger charge is -2.23. The Morgan fingerprint density at radius 1 is 1.50 bits per heavy atom. The molecule has 0 heterocycles. The molecule has 1 unspecified atom stereocenters. The minimum absolute atomic E-state index is 0.104. The van der Waals surface area contributed by atoms with Crippen molar-refractivity contribution in [3.05, 3.63) is 0 Å². The first-order chi connectivity index (χ1) is 4.48. The highest BCUT2D eigenvalue weighted by Crippen LogP contribution is 2.20. The highest BCUT2D eigenvalue weighted by molar-refractivity contribution is 6.21. The van der Waals surface area contributed by atoms with Crippen LogP contribution in [0, 0.1) is 0 Å². The molecule has 1 nitrogen and oxygen atoms in total. The highest BCUT2D eigenvalue weighted by atomic mass is 35.5. The summed E-state index contributed by atoms with van der Waals surface area (Å²) in [6, 6.07) is 0. The number of hydrogen-bond acceptors (Lipinski definition) is 1. The molecule has 0 aliphatic heterocycles. The normalized spacial score (nSPS) is 15.3. The van der Waals surface area contributed by atoms with Crippen LogP contribution in [0.2, 0.25) is 0 Å². The van der Waals surface area contributed by atoms with Gasteiger partial charge in [0, 0.05) is 0 Å². The van der Waals surface area contributed by atoms with E-state index in [0.717, 1.165) is 19.3 Å². The summed E-state index contributed by atoms with van der Waals surface area (Å²) in [5.74, 6) is 0. The van der Waals surface area contributed by atoms with Gasteiger partial charge >= 0.3 is 0 Å². The molecule has 1 N–H and O–H groups in total. The molecule has 1 atom stereocenters. The predicted molar refractivity (Wildman–Crippen MR) is 45.5 cm³/mol. The summed E-state index contributed by atoms with van der Waals surface area (Å²) in [4.78, 5) is 0. The van der Waals surface area contributed by atoms with Gasteiger partial charge in [-0.1, -0.05) is 19.8 Å². The van der Waals surface area contributed by atoms with Gasteiger partial charge in [-0.25, -0.2) is 0 Å². The average molecular weight is 165 g/mol. The lowest BCUT2D eigenvalue weighted by Crippen LogP contribution is -2.31. The molecule has 0 bridgehead atoms. The van der Waals surface area contributed by atoms with Gasteiger partial charge in [-0.05, 0) is 20.3 Å². The maximum absolute atomic E-state index is 9.38. The summed E-state index contributed by atoms with van der Waals surface area (Å²) >= 11 is 5.89. The van der Waals surface area contributed by atoms with Crippen molar-refractivity contribution in [3.63, 3.8) is 0 Å². The van der Waals surface area contributed by atoms with Crippen molar-refractivity contribution in [2.24, 2.45) is 0 Å². The third kappa shape index (κ3) is 4.13. The molecule has 0 aliphatic rings. The molecule has 0 saturated heterocycles. The van der Waals surface area contributed by atoms with Crippen molar-refractivity contribution in [3.8, 4) is 0 Å². The van der Waals surface area contributed by atoms with Crippen molar-refractivity contribution in [1.29, 1.82) is 0 Å². The molecular weight excluding hydrogens is 148 g/mol. The Morgan fingerprint density at radius 2 is 2.00 bits per heavy atom. The zero-order valence-corrected chi connectivity index (χ0v) is 7.78. The van der Waals surface area contributed by atoms with Crippen LogP contribution in [0.15, 0.2) is 0 Å². The van der Waals surface area contributed by atoms with Gasteiger partial charge in [0.15, 0.2) is 0 Å². The predicted octanol–water partition coefficient (Wildman–Crippen LogP) is 2.55. The van der Waals surface area contributed by atoms with Crippen LogP contribution in [0.5, 0.6) is 0 Å². The molecule has 0 amide bonds. The van der Waals surface area contributed by atoms with Crippen LogP contribution in [0.25, 0.3) is 0 Å². The van der Waals surface area contributed by atoms with Gasteiger partial charge < -0.3 is 5.11 Å². The van der Waals surface area contributed by atoms with Crippen LogP contribution < -0.4 is 0 Å². The van der Waals surface area contributed by atoms with E-state index >= 15 is 0 Å². The largest absolute Gasteiger partial charge is 0.389 e. The third-order valence-electron chi connectivity index (χ3n) is 1.58. The van der Waals surface area contributed by atoms with E-state index in [2.05, 4.69) is 6.92 Å². The second-order valence-electron chi connectivity index (χ2n) is 3.26. The monoisotopic (exact) mass is 164 g/mol. The van der Waals surface area contributed by atoms with Crippen LogP contribution in [0.1, 0.15) is 40.0 Å². The van der Waals surface area contributed by atoms with E-state index in [1.165, 1.54) is 0 Å². The van der Waals surface area contributed by atoms with Gasteiger partial charge in [-0.3, -0.25) is 0 Å². The van der Waals surface area contributed by atoms with Crippen molar-refractivity contribution in [2.45, 2.75) is 51.0 Å². The van der Waals surface area contributed by atoms with Crippen molar-refractivity contribution in [1.82, 2.24) is 0 Å². The highest BCUT2D eigenvalue weighted by Gasteiger charge is 2.23. The van der Waals surface area contributed by atoms with Gasteiger partial charge in [0.25, 0.3) is 0 Å². The second-order valence-corrected chi connectivity index (χ2v) is 3.79. The quantitative estimate of drug-likeness (QED) is 0.634. The number of halogens is 1. The number of unbranched alkanes of at least 4 members (excludes halogenated alkanes) is 1. The fourth-order valence-electron chi connectivity index (χ4n) is 0.737. The summed E-state index contributed by atoms with van der Waals surface area (Å²) in [6.45, 7) is 5.62. The van der Waals surface area contributed by atoms with E-state index in [0.29, 0.717) is 0 Å². The summed E-state index contributed by atoms with van der Waals surface area (Å²) in [6.07, 6.45) is 3.14. The van der Waals surface area contributed by atoms with E-state index in [1.807, 2.05) is 0 Å². The van der Waals surface area contributed by atoms with Gasteiger partial charge in [0.1, 0.15) is 0 Å². The molecule has 0 aromatic carbocycles. The Bertz CT molecular complexity index is 85.7. The molecule has 62 valence electrons. The molecule has 0 aromatic rings. The molecule has 0 aromatic heterocycles. The van der Waals surface area contributed by atoms with Crippen LogP contribution in [-0.4, -0.2) is 16.1 Å². The summed E-state index contributed by atoms with van der Waals surface area (Å²) in [7, 11) is 0. The fourth-order valence-corrected chi connectivity index (χ4v) is 0.891. The van der Waals surface area contributed by atoms with Gasteiger partial charge in [0.05, 0.1) is 11.0 Å². The van der Waals surface area contributed by atoms with Crippen molar-refractivity contribution >= 4 is 11.6 Å². The number of rotatable bonds is 4. The number of aliphatic hydroxyl groups is 1. The Balaban J connectivity index is 3.52. The van der Waals surface area contributed by atoms with E-state index in [1.54, 1.807) is 13.8 Å². The van der Waals surface area contributed by atoms with Crippen LogP contribution >= 0.6 is 11.6 Å². The van der Waals surface area contributed by atoms with E-state index in [9.17, 15) is 5.11 Å². The van der Waals surface area contributed by atoms with Crippen molar-refractivity contribution < 1.29 is 5.11 Å². The maximum atomic E-state index is 9.38. The van der Waals surface area contributed by atoms with Gasteiger partial charge in [-0.2, -0.15) is 0 Å². The molecule has 0 fully saturated rings. The van der Waals surface area contributed by atoms with E-state index in [-0.39, 0.29) is 5.38 Å². The topological polar surface area (TPSA) is 20.2 Å². The molecule has 0 aliphatic carbocycles. The summed E-state index contributed by atoms with van der Waals surface area (Å²) in [5.41, 5.74) is -0.725. The summed E-state index contributed by atoms with van der Waals surface area (Å²) < 4.78 is 0. The minimum atomic E-state index is -0.725. The lowest BCUT2D eigenvalue weighted by atomic mass is 10.0. The Labute approximate surface area is 68.4 Å². The van der Waals surface area contributed by atoms with Crippen LogP contribution in [0.3, 0.4) is 0 Å². The van der Waals surface area contributed by atoms with Gasteiger partial charge in [-0.15, -0.1) is 11.6 Å². The van der Waals surface area contributed by atoms with Gasteiger partial charge in [0.2, 0.25) is 0 Å². The molecule has 0 radical (unpaired) electrons. The van der Waals surface area contributed by atoms with Crippen LogP contribution in [-0.2, 0) is 0 Å². The Hall–Kier alpha value is 0.250. The van der Waals surface area contributed by atoms with Crippen molar-refractivity contribution in [2.75, 3.05) is 0 Å². The SMILES string of the molecule is CCCCC(Cl)C(C)(C)O. The fraction of sp³-hybridized carbons (Fsp3) is 1.00. The molecule has 0 spiro atoms. The minimum Gasteiger partial charge on any atom is -0.389 e. The zero-order chi connectivity index (χ0) is 8.20.